The Kier molecular flexibility index (Phi) is 34.6. The zero-order chi connectivity index (χ0) is 32.2. The lowest BCUT2D eigenvalue weighted by molar-refractivity contribution is -0.00676. The summed E-state index contributed by atoms with van der Waals surface area (Å²) in [6.07, 6.45) is 41.8. The summed E-state index contributed by atoms with van der Waals surface area (Å²) in [5, 5.41) is 19.1. The third-order valence-corrected chi connectivity index (χ3v) is 8.17. The summed E-state index contributed by atoms with van der Waals surface area (Å²) in [7, 11) is 0. The van der Waals surface area contributed by atoms with Crippen LogP contribution in [0.25, 0.3) is 0 Å². The van der Waals surface area contributed by atoms with Crippen LogP contribution in [0.5, 0.6) is 0 Å². The first-order valence-electron chi connectivity index (χ1n) is 18.7. The van der Waals surface area contributed by atoms with Crippen LogP contribution in [-0.4, -0.2) is 41.8 Å². The van der Waals surface area contributed by atoms with Crippen LogP contribution in [0.3, 0.4) is 0 Å². The molecule has 0 aromatic rings. The van der Waals surface area contributed by atoms with Crippen molar-refractivity contribution in [2.24, 2.45) is 0 Å². The molecule has 0 radical (unpaired) electrons. The number of aliphatic hydroxyl groups is 1. The smallest absolute Gasteiger partial charge is 0.450 e. The second-order valence-electron chi connectivity index (χ2n) is 12.6. The molecule has 0 bridgehead atoms. The SMILES string of the molecule is CCCCC/C=C\C/C=C\CCCCCCCCOCC(CCCCCCCC/C=C\C[C@H](O)CCCCCC)OC(=O)O. The Morgan fingerprint density at radius 3 is 1.68 bits per heavy atom. The molecule has 1 unspecified atom stereocenters. The Labute approximate surface area is 273 Å². The number of carbonyl (C=O) groups is 1. The molecule has 258 valence electrons. The summed E-state index contributed by atoms with van der Waals surface area (Å²) in [4.78, 5) is 11.1. The number of rotatable bonds is 34. The molecule has 0 amide bonds. The lowest BCUT2D eigenvalue weighted by atomic mass is 10.1. The Balaban J connectivity index is 3.62. The van der Waals surface area contributed by atoms with E-state index in [-0.39, 0.29) is 12.2 Å². The van der Waals surface area contributed by atoms with Crippen LogP contribution in [0.4, 0.5) is 4.79 Å². The van der Waals surface area contributed by atoms with E-state index in [4.69, 9.17) is 14.6 Å². The number of ether oxygens (including phenoxy) is 2. The monoisotopic (exact) mass is 621 g/mol. The van der Waals surface area contributed by atoms with Gasteiger partial charge in [-0.3, -0.25) is 0 Å². The van der Waals surface area contributed by atoms with Crippen LogP contribution >= 0.6 is 0 Å². The van der Waals surface area contributed by atoms with Gasteiger partial charge in [0.2, 0.25) is 0 Å². The number of allylic oxidation sites excluding steroid dienone is 5. The molecule has 0 aromatic carbocycles. The van der Waals surface area contributed by atoms with Gasteiger partial charge in [0.1, 0.15) is 6.10 Å². The fourth-order valence-corrected chi connectivity index (χ4v) is 5.36. The van der Waals surface area contributed by atoms with Crippen LogP contribution in [0.15, 0.2) is 36.5 Å². The number of hydrogen-bond donors (Lipinski definition) is 2. The van der Waals surface area contributed by atoms with Gasteiger partial charge in [0.25, 0.3) is 0 Å². The van der Waals surface area contributed by atoms with Crippen LogP contribution in [0.2, 0.25) is 0 Å². The summed E-state index contributed by atoms with van der Waals surface area (Å²) >= 11 is 0. The highest BCUT2D eigenvalue weighted by Crippen LogP contribution is 2.14. The molecule has 0 fully saturated rings. The van der Waals surface area contributed by atoms with Crippen LogP contribution in [0, 0.1) is 0 Å². The summed E-state index contributed by atoms with van der Waals surface area (Å²) in [6.45, 7) is 5.51. The van der Waals surface area contributed by atoms with Crippen molar-refractivity contribution in [1.82, 2.24) is 0 Å². The molecule has 0 heterocycles. The molecule has 0 aromatic heterocycles. The molecule has 44 heavy (non-hydrogen) atoms. The van der Waals surface area contributed by atoms with Gasteiger partial charge >= 0.3 is 6.16 Å². The van der Waals surface area contributed by atoms with Crippen LogP contribution < -0.4 is 0 Å². The van der Waals surface area contributed by atoms with Crippen LogP contribution in [0.1, 0.15) is 181 Å². The second-order valence-corrected chi connectivity index (χ2v) is 12.6. The largest absolute Gasteiger partial charge is 0.506 e. The van der Waals surface area contributed by atoms with Crippen molar-refractivity contribution in [2.45, 2.75) is 193 Å². The van der Waals surface area contributed by atoms with Gasteiger partial charge in [-0.2, -0.15) is 0 Å². The molecule has 0 aliphatic heterocycles. The molecule has 2 N–H and O–H groups in total. The third-order valence-electron chi connectivity index (χ3n) is 8.17. The van der Waals surface area contributed by atoms with E-state index in [2.05, 4.69) is 50.3 Å². The first-order chi connectivity index (χ1) is 21.6. The highest BCUT2D eigenvalue weighted by atomic mass is 16.7. The highest BCUT2D eigenvalue weighted by molar-refractivity contribution is 5.57. The average Bonchev–Trinajstić information content (AvgIpc) is 3.00. The van der Waals surface area contributed by atoms with E-state index in [0.717, 1.165) is 57.8 Å². The molecule has 2 atom stereocenters. The molecular weight excluding hydrogens is 548 g/mol. The molecule has 0 spiro atoms. The predicted octanol–water partition coefficient (Wildman–Crippen LogP) is 12.3. The van der Waals surface area contributed by atoms with E-state index >= 15 is 0 Å². The molecule has 0 rings (SSSR count). The highest BCUT2D eigenvalue weighted by Gasteiger charge is 2.13. The van der Waals surface area contributed by atoms with E-state index in [1.54, 1.807) is 0 Å². The third kappa shape index (κ3) is 34.9. The fourth-order valence-electron chi connectivity index (χ4n) is 5.36. The Bertz CT molecular complexity index is 671. The molecule has 0 aliphatic rings. The molecule has 5 nitrogen and oxygen atoms in total. The first kappa shape index (κ1) is 42.4. The lowest BCUT2D eigenvalue weighted by Gasteiger charge is -2.16. The quantitative estimate of drug-likeness (QED) is 0.0425. The average molecular weight is 621 g/mol. The maximum atomic E-state index is 11.1. The minimum atomic E-state index is -1.20. The zero-order valence-corrected chi connectivity index (χ0v) is 29.0. The van der Waals surface area contributed by atoms with E-state index in [9.17, 15) is 9.90 Å². The Morgan fingerprint density at radius 2 is 1.07 bits per heavy atom. The molecule has 0 saturated heterocycles. The van der Waals surface area contributed by atoms with Gasteiger partial charge in [0.05, 0.1) is 12.7 Å². The van der Waals surface area contributed by atoms with Gasteiger partial charge in [-0.1, -0.05) is 140 Å². The number of hydrogen-bond acceptors (Lipinski definition) is 4. The van der Waals surface area contributed by atoms with Gasteiger partial charge in [-0.05, 0) is 77.0 Å². The Morgan fingerprint density at radius 1 is 0.591 bits per heavy atom. The summed E-state index contributed by atoms with van der Waals surface area (Å²) < 4.78 is 10.8. The van der Waals surface area contributed by atoms with Crippen molar-refractivity contribution in [3.8, 4) is 0 Å². The van der Waals surface area contributed by atoms with Crippen molar-refractivity contribution in [3.05, 3.63) is 36.5 Å². The maximum Gasteiger partial charge on any atom is 0.506 e. The summed E-state index contributed by atoms with van der Waals surface area (Å²) in [5.41, 5.74) is 0. The summed E-state index contributed by atoms with van der Waals surface area (Å²) in [5.74, 6) is 0. The standard InChI is InChI=1S/C39H72O5/c1-3-5-7-9-10-11-12-13-14-15-16-17-21-24-27-31-35-43-36-38(44-39(41)42)34-30-26-23-20-18-19-22-25-29-33-37(40)32-28-8-6-4-2/h10-11,13-14,25,29,37-38,40H,3-9,12,15-24,26-28,30-36H2,1-2H3,(H,41,42)/b11-10-,14-13-,29-25-/t37-,38?/m1/s1. The minimum Gasteiger partial charge on any atom is -0.450 e. The zero-order valence-electron chi connectivity index (χ0n) is 29.0. The normalized spacial score (nSPS) is 13.4. The van der Waals surface area contributed by atoms with E-state index in [1.807, 2.05) is 0 Å². The lowest BCUT2D eigenvalue weighted by Crippen LogP contribution is -2.23. The molecule has 0 aliphatic carbocycles. The Hall–Kier alpha value is -1.59. The van der Waals surface area contributed by atoms with Gasteiger partial charge < -0.3 is 19.7 Å². The van der Waals surface area contributed by atoms with Gasteiger partial charge in [0.15, 0.2) is 0 Å². The van der Waals surface area contributed by atoms with Crippen LogP contribution in [-0.2, 0) is 9.47 Å². The topological polar surface area (TPSA) is 76.0 Å². The van der Waals surface area contributed by atoms with Crippen molar-refractivity contribution >= 4 is 6.16 Å². The minimum absolute atomic E-state index is 0.182. The van der Waals surface area contributed by atoms with Crippen molar-refractivity contribution in [1.29, 1.82) is 0 Å². The number of unbranched alkanes of at least 4 members (excludes halogenated alkanes) is 18. The fraction of sp³-hybridized carbons (Fsp3) is 0.821. The van der Waals surface area contributed by atoms with Crippen molar-refractivity contribution in [2.75, 3.05) is 13.2 Å². The molecule has 0 saturated carbocycles. The van der Waals surface area contributed by atoms with E-state index in [0.29, 0.717) is 13.2 Å². The van der Waals surface area contributed by atoms with Crippen molar-refractivity contribution < 1.29 is 24.5 Å². The number of carboxylic acid groups (broad SMARTS) is 1. The van der Waals surface area contributed by atoms with E-state index < -0.39 is 6.16 Å². The van der Waals surface area contributed by atoms with Gasteiger partial charge in [0, 0.05) is 6.61 Å². The predicted molar refractivity (Wildman–Crippen MR) is 189 cm³/mol. The summed E-state index contributed by atoms with van der Waals surface area (Å²) in [6, 6.07) is 0. The molecule has 5 heteroatoms. The van der Waals surface area contributed by atoms with Gasteiger partial charge in [-0.15, -0.1) is 0 Å². The van der Waals surface area contributed by atoms with E-state index in [1.165, 1.54) is 109 Å². The molecular formula is C39H72O5. The van der Waals surface area contributed by atoms with Gasteiger partial charge in [-0.25, -0.2) is 4.79 Å². The number of aliphatic hydroxyl groups excluding tert-OH is 1. The first-order valence-corrected chi connectivity index (χ1v) is 18.7. The van der Waals surface area contributed by atoms with Crippen molar-refractivity contribution in [3.63, 3.8) is 0 Å². The second kappa shape index (κ2) is 35.9. The maximum absolute atomic E-state index is 11.1.